The van der Waals surface area contributed by atoms with E-state index < -0.39 is 6.23 Å². The van der Waals surface area contributed by atoms with Crippen LogP contribution in [-0.2, 0) is 0 Å². The SMILES string of the molecule is Fc1ccc(Cl)c([C@H]2Oc3ccc(Br)cc3[C@@H]3CC(c4ccccc4)=NN23)c1. The van der Waals surface area contributed by atoms with Gasteiger partial charge in [-0.1, -0.05) is 57.9 Å². The van der Waals surface area contributed by atoms with Gasteiger partial charge in [0.2, 0.25) is 6.23 Å². The van der Waals surface area contributed by atoms with E-state index in [0.29, 0.717) is 10.6 Å². The molecule has 2 aliphatic rings. The monoisotopic (exact) mass is 456 g/mol. The molecule has 3 aromatic carbocycles. The second-order valence-corrected chi connectivity index (χ2v) is 8.15. The van der Waals surface area contributed by atoms with Crippen LogP contribution in [0.3, 0.4) is 0 Å². The van der Waals surface area contributed by atoms with Crippen LogP contribution >= 0.6 is 27.5 Å². The van der Waals surface area contributed by atoms with E-state index >= 15 is 0 Å². The Hall–Kier alpha value is -2.37. The van der Waals surface area contributed by atoms with Crippen LogP contribution in [0.25, 0.3) is 0 Å². The van der Waals surface area contributed by atoms with E-state index in [-0.39, 0.29) is 11.9 Å². The molecule has 28 heavy (non-hydrogen) atoms. The molecule has 2 atom stereocenters. The van der Waals surface area contributed by atoms with Gasteiger partial charge in [-0.2, -0.15) is 5.10 Å². The van der Waals surface area contributed by atoms with Gasteiger partial charge < -0.3 is 4.74 Å². The fourth-order valence-corrected chi connectivity index (χ4v) is 4.36. The van der Waals surface area contributed by atoms with Crippen molar-refractivity contribution in [2.24, 2.45) is 5.10 Å². The van der Waals surface area contributed by atoms with Crippen LogP contribution in [0, 0.1) is 5.82 Å². The highest BCUT2D eigenvalue weighted by atomic mass is 79.9. The highest BCUT2D eigenvalue weighted by Crippen LogP contribution is 2.49. The van der Waals surface area contributed by atoms with Gasteiger partial charge in [-0.25, -0.2) is 9.40 Å². The second-order valence-electron chi connectivity index (χ2n) is 6.83. The molecule has 2 heterocycles. The molecule has 2 aliphatic heterocycles. The summed E-state index contributed by atoms with van der Waals surface area (Å²) in [5.41, 5.74) is 3.66. The van der Waals surface area contributed by atoms with Crippen LogP contribution in [0.1, 0.15) is 35.4 Å². The van der Waals surface area contributed by atoms with Gasteiger partial charge >= 0.3 is 0 Å². The van der Waals surface area contributed by atoms with Crippen molar-refractivity contribution in [1.29, 1.82) is 0 Å². The minimum Gasteiger partial charge on any atom is -0.464 e. The van der Waals surface area contributed by atoms with Crippen molar-refractivity contribution >= 4 is 33.2 Å². The topological polar surface area (TPSA) is 24.8 Å². The average Bonchev–Trinajstić information content (AvgIpc) is 3.16. The Labute approximate surface area is 175 Å². The first-order chi connectivity index (χ1) is 13.6. The maximum absolute atomic E-state index is 14.0. The van der Waals surface area contributed by atoms with Gasteiger partial charge in [-0.05, 0) is 42.0 Å². The Bertz CT molecular complexity index is 1090. The van der Waals surface area contributed by atoms with Gasteiger partial charge in [0.05, 0.1) is 11.8 Å². The van der Waals surface area contributed by atoms with Crippen LogP contribution in [-0.4, -0.2) is 10.7 Å². The first-order valence-electron chi connectivity index (χ1n) is 8.92. The summed E-state index contributed by atoms with van der Waals surface area (Å²) in [6, 6.07) is 20.3. The fraction of sp³-hybridized carbons (Fsp3) is 0.136. The Morgan fingerprint density at radius 2 is 1.86 bits per heavy atom. The molecule has 3 aromatic rings. The third-order valence-electron chi connectivity index (χ3n) is 5.08. The van der Waals surface area contributed by atoms with Crippen LogP contribution < -0.4 is 4.74 Å². The zero-order chi connectivity index (χ0) is 19.3. The largest absolute Gasteiger partial charge is 0.464 e. The molecule has 0 aliphatic carbocycles. The summed E-state index contributed by atoms with van der Waals surface area (Å²) in [6.45, 7) is 0. The standard InChI is InChI=1S/C22H15BrClFN2O/c23-14-6-9-21-17(10-14)20-12-19(13-4-2-1-3-5-13)26-27(20)22(28-21)16-11-15(25)7-8-18(16)24/h1-11,20,22H,12H2/t20-,22+/m0/s1. The van der Waals surface area contributed by atoms with Crippen LogP contribution in [0.5, 0.6) is 5.75 Å². The maximum Gasteiger partial charge on any atom is 0.215 e. The van der Waals surface area contributed by atoms with E-state index in [1.54, 1.807) is 6.07 Å². The maximum atomic E-state index is 14.0. The lowest BCUT2D eigenvalue weighted by Gasteiger charge is -2.38. The van der Waals surface area contributed by atoms with Gasteiger partial charge in [-0.3, -0.25) is 0 Å². The molecule has 0 radical (unpaired) electrons. The fourth-order valence-electron chi connectivity index (χ4n) is 3.77. The predicted octanol–water partition coefficient (Wildman–Crippen LogP) is 6.48. The van der Waals surface area contributed by atoms with Crippen molar-refractivity contribution in [3.8, 4) is 5.75 Å². The van der Waals surface area contributed by atoms with E-state index in [2.05, 4.69) is 22.0 Å². The molecule has 0 fully saturated rings. The molecule has 0 bridgehead atoms. The summed E-state index contributed by atoms with van der Waals surface area (Å²) >= 11 is 9.94. The van der Waals surface area contributed by atoms with Crippen molar-refractivity contribution in [1.82, 2.24) is 5.01 Å². The Kier molecular flexibility index (Phi) is 4.37. The third kappa shape index (κ3) is 2.99. The number of rotatable bonds is 2. The van der Waals surface area contributed by atoms with Gasteiger partial charge in [0.25, 0.3) is 0 Å². The van der Waals surface area contributed by atoms with Crippen molar-refractivity contribution in [3.05, 3.63) is 98.7 Å². The predicted molar refractivity (Wildman–Crippen MR) is 111 cm³/mol. The Morgan fingerprint density at radius 1 is 1.04 bits per heavy atom. The van der Waals surface area contributed by atoms with Crippen molar-refractivity contribution in [3.63, 3.8) is 0 Å². The smallest absolute Gasteiger partial charge is 0.215 e. The van der Waals surface area contributed by atoms with Crippen LogP contribution in [0.2, 0.25) is 5.02 Å². The van der Waals surface area contributed by atoms with E-state index in [1.165, 1.54) is 12.1 Å². The van der Waals surface area contributed by atoms with E-state index in [1.807, 2.05) is 47.5 Å². The zero-order valence-electron chi connectivity index (χ0n) is 14.6. The van der Waals surface area contributed by atoms with E-state index in [0.717, 1.165) is 33.5 Å². The minimum absolute atomic E-state index is 0.0132. The molecule has 140 valence electrons. The van der Waals surface area contributed by atoms with Crippen molar-refractivity contribution in [2.75, 3.05) is 0 Å². The number of hydrogen-bond acceptors (Lipinski definition) is 3. The third-order valence-corrected chi connectivity index (χ3v) is 5.92. The number of fused-ring (bicyclic) bond motifs is 3. The van der Waals surface area contributed by atoms with Gasteiger partial charge in [0.15, 0.2) is 0 Å². The number of nitrogens with zero attached hydrogens (tertiary/aromatic N) is 2. The molecule has 5 rings (SSSR count). The lowest BCUT2D eigenvalue weighted by atomic mass is 9.96. The summed E-state index contributed by atoms with van der Waals surface area (Å²) in [4.78, 5) is 0. The lowest BCUT2D eigenvalue weighted by molar-refractivity contribution is -0.0191. The quantitative estimate of drug-likeness (QED) is 0.440. The molecule has 0 N–H and O–H groups in total. The number of halogens is 3. The molecule has 0 saturated heterocycles. The first kappa shape index (κ1) is 17.7. The molecule has 0 unspecified atom stereocenters. The Balaban J connectivity index is 1.64. The van der Waals surface area contributed by atoms with Crippen LogP contribution in [0.15, 0.2) is 76.3 Å². The van der Waals surface area contributed by atoms with Crippen LogP contribution in [0.4, 0.5) is 4.39 Å². The average molecular weight is 458 g/mol. The molecule has 3 nitrogen and oxygen atoms in total. The second kappa shape index (κ2) is 6.90. The van der Waals surface area contributed by atoms with Gasteiger partial charge in [-0.15, -0.1) is 0 Å². The molecule has 6 heteroatoms. The van der Waals surface area contributed by atoms with Crippen molar-refractivity contribution < 1.29 is 9.13 Å². The molecule has 0 aromatic heterocycles. The number of ether oxygens (including phenoxy) is 1. The number of hydrogen-bond donors (Lipinski definition) is 0. The summed E-state index contributed by atoms with van der Waals surface area (Å²) in [5.74, 6) is 0.409. The van der Waals surface area contributed by atoms with Gasteiger partial charge in [0, 0.05) is 27.0 Å². The highest BCUT2D eigenvalue weighted by Gasteiger charge is 2.41. The van der Waals surface area contributed by atoms with Crippen molar-refractivity contribution in [2.45, 2.75) is 18.7 Å². The molecule has 0 spiro atoms. The Morgan fingerprint density at radius 3 is 2.68 bits per heavy atom. The summed E-state index contributed by atoms with van der Waals surface area (Å²) in [5, 5.41) is 7.22. The van der Waals surface area contributed by atoms with E-state index in [9.17, 15) is 4.39 Å². The number of hydrazone groups is 1. The molecular formula is C22H15BrClFN2O. The van der Waals surface area contributed by atoms with E-state index in [4.69, 9.17) is 21.4 Å². The molecule has 0 saturated carbocycles. The highest BCUT2D eigenvalue weighted by molar-refractivity contribution is 9.10. The summed E-state index contributed by atoms with van der Waals surface area (Å²) < 4.78 is 21.2. The van der Waals surface area contributed by atoms with Gasteiger partial charge in [0.1, 0.15) is 11.6 Å². The summed E-state index contributed by atoms with van der Waals surface area (Å²) in [6.07, 6.45) is 0.142. The first-order valence-corrected chi connectivity index (χ1v) is 10.1. The lowest BCUT2D eigenvalue weighted by Crippen LogP contribution is -2.34. The molecular weight excluding hydrogens is 443 g/mol. The summed E-state index contributed by atoms with van der Waals surface area (Å²) in [7, 11) is 0. The normalized spacial score (nSPS) is 20.2. The molecule has 0 amide bonds. The number of benzene rings is 3. The minimum atomic E-state index is -0.594. The zero-order valence-corrected chi connectivity index (χ0v) is 17.0.